The second-order valence-corrected chi connectivity index (χ2v) is 9.56. The zero-order valence-electron chi connectivity index (χ0n) is 19.3. The second kappa shape index (κ2) is 8.11. The highest BCUT2D eigenvalue weighted by atomic mass is 16.5. The van der Waals surface area contributed by atoms with Crippen molar-refractivity contribution in [1.82, 2.24) is 29.0 Å². The van der Waals surface area contributed by atoms with Crippen molar-refractivity contribution in [2.24, 2.45) is 0 Å². The van der Waals surface area contributed by atoms with E-state index in [2.05, 4.69) is 45.1 Å². The Morgan fingerprint density at radius 2 is 1.91 bits per heavy atom. The Hall–Kier alpha value is -2.97. The van der Waals surface area contributed by atoms with Crippen LogP contribution < -0.4 is 5.69 Å². The van der Waals surface area contributed by atoms with Gasteiger partial charge in [0.2, 0.25) is 0 Å². The van der Waals surface area contributed by atoms with E-state index >= 15 is 0 Å². The van der Waals surface area contributed by atoms with E-state index < -0.39 is 0 Å². The van der Waals surface area contributed by atoms with E-state index in [1.54, 1.807) is 6.33 Å². The number of aromatic nitrogens is 5. The maximum absolute atomic E-state index is 13.1. The first-order valence-corrected chi connectivity index (χ1v) is 12.0. The summed E-state index contributed by atoms with van der Waals surface area (Å²) in [5.41, 5.74) is 7.13. The summed E-state index contributed by atoms with van der Waals surface area (Å²) >= 11 is 0. The molecule has 1 aromatic carbocycles. The Kier molecular flexibility index (Phi) is 5.07. The van der Waals surface area contributed by atoms with Crippen molar-refractivity contribution in [2.75, 3.05) is 26.3 Å². The minimum atomic E-state index is -0.0108. The van der Waals surface area contributed by atoms with E-state index in [1.165, 1.54) is 0 Å². The summed E-state index contributed by atoms with van der Waals surface area (Å²) in [6, 6.07) is 7.18. The normalized spacial score (nSPS) is 20.7. The lowest BCUT2D eigenvalue weighted by Crippen LogP contribution is -2.46. The maximum Gasteiger partial charge on any atom is 0.326 e. The molecule has 4 aromatic rings. The average molecular weight is 447 g/mol. The molecule has 6 rings (SSSR count). The van der Waals surface area contributed by atoms with Crippen LogP contribution in [0.1, 0.15) is 42.9 Å². The van der Waals surface area contributed by atoms with Crippen LogP contribution in [0.5, 0.6) is 0 Å². The third-order valence-electron chi connectivity index (χ3n) is 7.43. The summed E-state index contributed by atoms with van der Waals surface area (Å²) in [6.45, 7) is 7.91. The van der Waals surface area contributed by atoms with E-state index in [9.17, 15) is 4.79 Å². The summed E-state index contributed by atoms with van der Waals surface area (Å²) in [5.74, 6) is 0. The molecule has 8 heteroatoms. The number of imidazole rings is 1. The number of aryl methyl sites for hydroxylation is 2. The molecule has 3 aromatic heterocycles. The number of hydrogen-bond acceptors (Lipinski definition) is 5. The molecular formula is C25H30N6O2. The van der Waals surface area contributed by atoms with Gasteiger partial charge >= 0.3 is 5.69 Å². The fourth-order valence-corrected chi connectivity index (χ4v) is 5.77. The molecule has 33 heavy (non-hydrogen) atoms. The van der Waals surface area contributed by atoms with Gasteiger partial charge in [0.05, 0.1) is 17.1 Å². The molecule has 0 amide bonds. The van der Waals surface area contributed by atoms with Gasteiger partial charge in [-0.1, -0.05) is 0 Å². The molecule has 1 atom stereocenters. The van der Waals surface area contributed by atoms with Crippen molar-refractivity contribution < 1.29 is 4.74 Å². The summed E-state index contributed by atoms with van der Waals surface area (Å²) in [5, 5.41) is 4.31. The van der Waals surface area contributed by atoms with E-state index in [-0.39, 0.29) is 11.7 Å². The Morgan fingerprint density at radius 1 is 1.06 bits per heavy atom. The van der Waals surface area contributed by atoms with Gasteiger partial charge in [-0.05, 0) is 81.0 Å². The summed E-state index contributed by atoms with van der Waals surface area (Å²) in [4.78, 5) is 23.2. The molecule has 5 heterocycles. The largest absolute Gasteiger partial charge is 0.381 e. The predicted molar refractivity (Wildman–Crippen MR) is 128 cm³/mol. The highest BCUT2D eigenvalue weighted by molar-refractivity contribution is 5.84. The SMILES string of the molecule is Cc1cc2c(cc1-c1cc(C)c3ncnn3c1)[nH]c(=O)n2[C@@H]1CCCN(C2CCOCC2)C1. The molecule has 0 radical (unpaired) electrons. The summed E-state index contributed by atoms with van der Waals surface area (Å²) in [7, 11) is 0. The monoisotopic (exact) mass is 446 g/mol. The molecule has 2 aliphatic rings. The quantitative estimate of drug-likeness (QED) is 0.521. The van der Waals surface area contributed by atoms with Crippen LogP contribution in [0, 0.1) is 13.8 Å². The van der Waals surface area contributed by atoms with Gasteiger partial charge < -0.3 is 9.72 Å². The van der Waals surface area contributed by atoms with Gasteiger partial charge in [0.25, 0.3) is 0 Å². The van der Waals surface area contributed by atoms with E-state index in [1.807, 2.05) is 22.2 Å². The van der Waals surface area contributed by atoms with Crippen molar-refractivity contribution in [1.29, 1.82) is 0 Å². The standard InChI is InChI=1S/C25H30N6O2/c1-16-11-23-22(12-21(16)18-10-17(2)24-26-15-27-30(24)13-18)28-25(32)31(23)20-4-3-7-29(14-20)19-5-8-33-9-6-19/h10-13,15,19-20H,3-9,14H2,1-2H3,(H,28,32)/t20-/m1/s1. The molecule has 2 fully saturated rings. The molecule has 0 spiro atoms. The van der Waals surface area contributed by atoms with Crippen molar-refractivity contribution in [3.05, 3.63) is 52.3 Å². The van der Waals surface area contributed by atoms with Gasteiger partial charge in [-0.15, -0.1) is 0 Å². The Balaban J connectivity index is 1.37. The minimum absolute atomic E-state index is 0.0108. The first-order chi connectivity index (χ1) is 16.1. The number of nitrogens with zero attached hydrogens (tertiary/aromatic N) is 5. The highest BCUT2D eigenvalue weighted by Gasteiger charge is 2.29. The molecule has 0 saturated carbocycles. The number of pyridine rings is 1. The fraction of sp³-hybridized carbons (Fsp3) is 0.480. The van der Waals surface area contributed by atoms with E-state index in [0.717, 1.165) is 90.9 Å². The zero-order valence-corrected chi connectivity index (χ0v) is 19.3. The van der Waals surface area contributed by atoms with Crippen LogP contribution in [-0.2, 0) is 4.74 Å². The maximum atomic E-state index is 13.1. The number of aromatic amines is 1. The number of likely N-dealkylation sites (tertiary alicyclic amines) is 1. The molecule has 8 nitrogen and oxygen atoms in total. The Bertz CT molecular complexity index is 1380. The van der Waals surface area contributed by atoms with Gasteiger partial charge in [0.15, 0.2) is 5.65 Å². The van der Waals surface area contributed by atoms with Gasteiger partial charge in [0, 0.05) is 37.6 Å². The second-order valence-electron chi connectivity index (χ2n) is 9.56. The van der Waals surface area contributed by atoms with Crippen LogP contribution in [0.3, 0.4) is 0 Å². The van der Waals surface area contributed by atoms with Crippen molar-refractivity contribution in [2.45, 2.75) is 51.6 Å². The number of hydrogen-bond donors (Lipinski definition) is 1. The van der Waals surface area contributed by atoms with E-state index in [0.29, 0.717) is 6.04 Å². The molecule has 0 aliphatic carbocycles. The van der Waals surface area contributed by atoms with Crippen LogP contribution in [0.15, 0.2) is 35.5 Å². The Morgan fingerprint density at radius 3 is 2.76 bits per heavy atom. The number of fused-ring (bicyclic) bond motifs is 2. The van der Waals surface area contributed by atoms with Crippen LogP contribution in [0.25, 0.3) is 27.8 Å². The lowest BCUT2D eigenvalue weighted by molar-refractivity contribution is 0.0191. The lowest BCUT2D eigenvalue weighted by atomic mass is 9.98. The van der Waals surface area contributed by atoms with Crippen LogP contribution in [-0.4, -0.2) is 61.4 Å². The number of ether oxygens (including phenoxy) is 1. The molecular weight excluding hydrogens is 416 g/mol. The minimum Gasteiger partial charge on any atom is -0.381 e. The zero-order chi connectivity index (χ0) is 22.5. The first kappa shape index (κ1) is 20.6. The number of piperidine rings is 1. The van der Waals surface area contributed by atoms with Gasteiger partial charge in [-0.3, -0.25) is 9.47 Å². The molecule has 1 N–H and O–H groups in total. The number of rotatable bonds is 3. The molecule has 2 saturated heterocycles. The van der Waals surface area contributed by atoms with Crippen LogP contribution in [0.4, 0.5) is 0 Å². The summed E-state index contributed by atoms with van der Waals surface area (Å²) < 4.78 is 9.38. The van der Waals surface area contributed by atoms with Crippen LogP contribution >= 0.6 is 0 Å². The first-order valence-electron chi connectivity index (χ1n) is 12.0. The van der Waals surface area contributed by atoms with Gasteiger partial charge in [-0.2, -0.15) is 5.10 Å². The van der Waals surface area contributed by atoms with Crippen molar-refractivity contribution in [3.63, 3.8) is 0 Å². The number of H-pyrrole nitrogens is 1. The summed E-state index contributed by atoms with van der Waals surface area (Å²) in [6.07, 6.45) is 7.92. The van der Waals surface area contributed by atoms with E-state index in [4.69, 9.17) is 4.74 Å². The molecule has 172 valence electrons. The fourth-order valence-electron chi connectivity index (χ4n) is 5.77. The third-order valence-corrected chi connectivity index (χ3v) is 7.43. The lowest BCUT2D eigenvalue weighted by Gasteiger charge is -2.40. The Labute approximate surface area is 192 Å². The van der Waals surface area contributed by atoms with Gasteiger partial charge in [-0.25, -0.2) is 14.3 Å². The third kappa shape index (κ3) is 3.57. The topological polar surface area (TPSA) is 80.5 Å². The molecule has 0 unspecified atom stereocenters. The smallest absolute Gasteiger partial charge is 0.326 e. The van der Waals surface area contributed by atoms with Crippen molar-refractivity contribution in [3.8, 4) is 11.1 Å². The number of benzene rings is 1. The average Bonchev–Trinajstić information content (AvgIpc) is 3.43. The van der Waals surface area contributed by atoms with Crippen molar-refractivity contribution >= 4 is 16.7 Å². The number of nitrogens with one attached hydrogen (secondary N) is 1. The highest BCUT2D eigenvalue weighted by Crippen LogP contribution is 2.32. The van der Waals surface area contributed by atoms with Crippen LogP contribution in [0.2, 0.25) is 0 Å². The molecule has 2 aliphatic heterocycles. The molecule has 0 bridgehead atoms. The van der Waals surface area contributed by atoms with Gasteiger partial charge in [0.1, 0.15) is 6.33 Å². The predicted octanol–water partition coefficient (Wildman–Crippen LogP) is 3.47.